The Balaban J connectivity index is 1.90. The summed E-state index contributed by atoms with van der Waals surface area (Å²) in [6.45, 7) is 0.0606. The highest BCUT2D eigenvalue weighted by molar-refractivity contribution is 6.33. The zero-order chi connectivity index (χ0) is 18.1. The highest BCUT2D eigenvalue weighted by Crippen LogP contribution is 2.34. The van der Waals surface area contributed by atoms with Crippen LogP contribution in [0, 0.1) is 17.5 Å². The third-order valence-corrected chi connectivity index (χ3v) is 4.26. The second-order valence-corrected chi connectivity index (χ2v) is 6.10. The van der Waals surface area contributed by atoms with Crippen molar-refractivity contribution in [1.29, 1.82) is 0 Å². The molecule has 8 heteroatoms. The molecule has 0 bridgehead atoms. The zero-order valence-electron chi connectivity index (χ0n) is 12.8. The first-order valence-corrected chi connectivity index (χ1v) is 7.86. The maximum absolute atomic E-state index is 14.7. The molecule has 2 unspecified atom stereocenters. The number of halogens is 5. The largest absolute Gasteiger partial charge is 0.322 e. The highest BCUT2D eigenvalue weighted by Gasteiger charge is 2.29. The van der Waals surface area contributed by atoms with E-state index in [1.54, 1.807) is 0 Å². The van der Waals surface area contributed by atoms with Crippen LogP contribution in [0.4, 0.5) is 23.2 Å². The van der Waals surface area contributed by atoms with Crippen molar-refractivity contribution in [3.63, 3.8) is 0 Å². The van der Waals surface area contributed by atoms with Crippen molar-refractivity contribution < 1.29 is 22.4 Å². The van der Waals surface area contributed by atoms with Crippen LogP contribution in [0.25, 0.3) is 11.1 Å². The number of rotatable bonds is 3. The molecule has 2 aromatic rings. The average molecular weight is 373 g/mol. The topological polar surface area (TPSA) is 41.1 Å². The molecule has 25 heavy (non-hydrogen) atoms. The molecule has 0 aromatic heterocycles. The number of anilines is 1. The monoisotopic (exact) mass is 372 g/mol. The minimum Gasteiger partial charge on any atom is -0.322 e. The van der Waals surface area contributed by atoms with Crippen LogP contribution in [0.1, 0.15) is 6.42 Å². The normalized spacial score (nSPS) is 19.9. The minimum atomic E-state index is -1.17. The van der Waals surface area contributed by atoms with Gasteiger partial charge in [-0.3, -0.25) is 4.79 Å². The number of carbonyl (C=O) groups is 1. The number of hydrogen-bond acceptors (Lipinski definition) is 2. The van der Waals surface area contributed by atoms with Gasteiger partial charge in [0.05, 0.1) is 16.8 Å². The molecule has 1 aliphatic heterocycles. The van der Waals surface area contributed by atoms with Crippen LogP contribution < -0.4 is 10.6 Å². The summed E-state index contributed by atoms with van der Waals surface area (Å²) in [5.74, 6) is -3.74. The minimum absolute atomic E-state index is 0.00213. The van der Waals surface area contributed by atoms with Gasteiger partial charge in [0.25, 0.3) is 0 Å². The SMILES string of the molecule is O=C(Nc1cccc(-c2cc(F)c(F)cc2Cl)c1F)C1CC(F)CN1. The zero-order valence-corrected chi connectivity index (χ0v) is 13.5. The Kier molecular flexibility index (Phi) is 4.96. The van der Waals surface area contributed by atoms with Gasteiger partial charge in [-0.2, -0.15) is 0 Å². The van der Waals surface area contributed by atoms with E-state index in [1.807, 2.05) is 0 Å². The van der Waals surface area contributed by atoms with Crippen LogP contribution in [0.5, 0.6) is 0 Å². The van der Waals surface area contributed by atoms with Gasteiger partial charge < -0.3 is 10.6 Å². The van der Waals surface area contributed by atoms with Crippen LogP contribution >= 0.6 is 11.6 Å². The third kappa shape index (κ3) is 3.62. The molecular formula is C17H13ClF4N2O. The lowest BCUT2D eigenvalue weighted by molar-refractivity contribution is -0.117. The van der Waals surface area contributed by atoms with Gasteiger partial charge in [0, 0.05) is 24.1 Å². The average Bonchev–Trinajstić information content (AvgIpc) is 3.00. The Labute approximate surface area is 146 Å². The summed E-state index contributed by atoms with van der Waals surface area (Å²) >= 11 is 5.87. The standard InChI is InChI=1S/C17H13ClF4N2O/c18-11-6-13(21)12(20)5-10(11)9-2-1-3-14(16(9)22)24-17(25)15-4-8(19)7-23-15/h1-3,5-6,8,15,23H,4,7H2,(H,24,25). The lowest BCUT2D eigenvalue weighted by Crippen LogP contribution is -2.35. The number of benzene rings is 2. The van der Waals surface area contributed by atoms with E-state index in [9.17, 15) is 22.4 Å². The molecule has 1 fully saturated rings. The van der Waals surface area contributed by atoms with Crippen LogP contribution in [0.3, 0.4) is 0 Å². The van der Waals surface area contributed by atoms with Gasteiger partial charge in [-0.05, 0) is 18.2 Å². The molecule has 3 rings (SSSR count). The van der Waals surface area contributed by atoms with E-state index in [1.165, 1.54) is 18.2 Å². The lowest BCUT2D eigenvalue weighted by atomic mass is 10.0. The maximum atomic E-state index is 14.7. The molecule has 132 valence electrons. The fraction of sp³-hybridized carbons (Fsp3) is 0.235. The van der Waals surface area contributed by atoms with E-state index >= 15 is 0 Å². The summed E-state index contributed by atoms with van der Waals surface area (Å²) in [6, 6.07) is 4.85. The molecule has 0 aliphatic carbocycles. The molecule has 0 saturated carbocycles. The molecule has 0 radical (unpaired) electrons. The van der Waals surface area contributed by atoms with Gasteiger partial charge in [0.15, 0.2) is 17.5 Å². The molecule has 1 saturated heterocycles. The second-order valence-electron chi connectivity index (χ2n) is 5.70. The molecule has 1 heterocycles. The van der Waals surface area contributed by atoms with Crippen molar-refractivity contribution in [2.45, 2.75) is 18.6 Å². The van der Waals surface area contributed by atoms with Gasteiger partial charge >= 0.3 is 0 Å². The van der Waals surface area contributed by atoms with Crippen molar-refractivity contribution in [1.82, 2.24) is 5.32 Å². The van der Waals surface area contributed by atoms with E-state index < -0.39 is 35.6 Å². The van der Waals surface area contributed by atoms with Gasteiger partial charge in [-0.25, -0.2) is 17.6 Å². The molecule has 2 atom stereocenters. The smallest absolute Gasteiger partial charge is 0.241 e. The first kappa shape index (κ1) is 17.7. The van der Waals surface area contributed by atoms with Crippen LogP contribution in [-0.4, -0.2) is 24.7 Å². The van der Waals surface area contributed by atoms with E-state index in [0.29, 0.717) is 0 Å². The quantitative estimate of drug-likeness (QED) is 0.630. The van der Waals surface area contributed by atoms with Crippen molar-refractivity contribution in [3.8, 4) is 11.1 Å². The molecule has 1 aliphatic rings. The summed E-state index contributed by atoms with van der Waals surface area (Å²) in [5.41, 5.74) is -0.297. The number of hydrogen-bond donors (Lipinski definition) is 2. The molecule has 2 N–H and O–H groups in total. The first-order chi connectivity index (χ1) is 11.9. The van der Waals surface area contributed by atoms with Gasteiger partial charge in [-0.1, -0.05) is 23.7 Å². The van der Waals surface area contributed by atoms with E-state index in [2.05, 4.69) is 10.6 Å². The van der Waals surface area contributed by atoms with Gasteiger partial charge in [-0.15, -0.1) is 0 Å². The number of carbonyl (C=O) groups excluding carboxylic acids is 1. The number of nitrogens with one attached hydrogen (secondary N) is 2. The lowest BCUT2D eigenvalue weighted by Gasteiger charge is -2.14. The predicted molar refractivity (Wildman–Crippen MR) is 86.7 cm³/mol. The van der Waals surface area contributed by atoms with Crippen molar-refractivity contribution >= 4 is 23.2 Å². The van der Waals surface area contributed by atoms with Crippen molar-refractivity contribution in [3.05, 3.63) is 52.8 Å². The van der Waals surface area contributed by atoms with E-state index in [4.69, 9.17) is 11.6 Å². The van der Waals surface area contributed by atoms with Crippen LogP contribution in [-0.2, 0) is 4.79 Å². The molecular weight excluding hydrogens is 360 g/mol. The van der Waals surface area contributed by atoms with Crippen LogP contribution in [0.15, 0.2) is 30.3 Å². The van der Waals surface area contributed by atoms with Crippen LogP contribution in [0.2, 0.25) is 5.02 Å². The summed E-state index contributed by atoms with van der Waals surface area (Å²) in [7, 11) is 0. The van der Waals surface area contributed by atoms with Gasteiger partial charge in [0.2, 0.25) is 5.91 Å². The number of amides is 1. The maximum Gasteiger partial charge on any atom is 0.241 e. The fourth-order valence-corrected chi connectivity index (χ4v) is 2.93. The Morgan fingerprint density at radius 2 is 1.88 bits per heavy atom. The summed E-state index contributed by atoms with van der Waals surface area (Å²) < 4.78 is 54.5. The highest BCUT2D eigenvalue weighted by atomic mass is 35.5. The Morgan fingerprint density at radius 3 is 2.56 bits per heavy atom. The summed E-state index contributed by atoms with van der Waals surface area (Å²) in [5, 5.41) is 4.90. The summed E-state index contributed by atoms with van der Waals surface area (Å²) in [6.07, 6.45) is -1.13. The number of alkyl halides is 1. The summed E-state index contributed by atoms with van der Waals surface area (Å²) in [4.78, 5) is 12.1. The first-order valence-electron chi connectivity index (χ1n) is 7.48. The van der Waals surface area contributed by atoms with Crippen molar-refractivity contribution in [2.24, 2.45) is 0 Å². The molecule has 0 spiro atoms. The Hall–Kier alpha value is -2.12. The second kappa shape index (κ2) is 7.01. The predicted octanol–water partition coefficient (Wildman–Crippen LogP) is 4.06. The fourth-order valence-electron chi connectivity index (χ4n) is 2.68. The van der Waals surface area contributed by atoms with E-state index in [-0.39, 0.29) is 34.8 Å². The van der Waals surface area contributed by atoms with E-state index in [0.717, 1.165) is 12.1 Å². The molecule has 2 aromatic carbocycles. The Morgan fingerprint density at radius 1 is 1.16 bits per heavy atom. The molecule has 1 amide bonds. The van der Waals surface area contributed by atoms with Crippen molar-refractivity contribution in [2.75, 3.05) is 11.9 Å². The van der Waals surface area contributed by atoms with Gasteiger partial charge in [0.1, 0.15) is 6.17 Å². The third-order valence-electron chi connectivity index (χ3n) is 3.95. The Bertz CT molecular complexity index is 831. The molecule has 3 nitrogen and oxygen atoms in total.